The molecule has 1 aliphatic rings. The van der Waals surface area contributed by atoms with Crippen LogP contribution in [0.2, 0.25) is 0 Å². The first-order valence-electron chi connectivity index (χ1n) is 7.72. The number of hydrogen-bond acceptors (Lipinski definition) is 5. The number of halogens is 1. The highest BCUT2D eigenvalue weighted by molar-refractivity contribution is 5.94. The largest absolute Gasteiger partial charge is 0.364 e. The molecule has 1 saturated heterocycles. The molecule has 3 rings (SSSR count). The Balaban J connectivity index is 0.00000208. The number of nitrogens with zero attached hydrogens (tertiary/aromatic N) is 2. The molecule has 2 aromatic rings. The zero-order valence-corrected chi connectivity index (χ0v) is 14.3. The van der Waals surface area contributed by atoms with Crippen molar-refractivity contribution in [2.24, 2.45) is 5.73 Å². The van der Waals surface area contributed by atoms with Crippen molar-refractivity contribution in [1.82, 2.24) is 9.97 Å². The molecule has 1 aliphatic heterocycles. The van der Waals surface area contributed by atoms with Crippen molar-refractivity contribution in [3.8, 4) is 11.4 Å². The molecule has 1 amide bonds. The minimum absolute atomic E-state index is 0. The molecule has 0 radical (unpaired) electrons. The minimum atomic E-state index is -0.428. The number of rotatable bonds is 4. The smallest absolute Gasteiger partial charge is 0.253 e. The summed E-state index contributed by atoms with van der Waals surface area (Å²) in [6.07, 6.45) is 2.81. The van der Waals surface area contributed by atoms with E-state index in [0.29, 0.717) is 24.5 Å². The van der Waals surface area contributed by atoms with Gasteiger partial charge in [0.15, 0.2) is 5.82 Å². The van der Waals surface area contributed by atoms with Gasteiger partial charge in [0.1, 0.15) is 6.10 Å². The summed E-state index contributed by atoms with van der Waals surface area (Å²) >= 11 is 0. The van der Waals surface area contributed by atoms with Gasteiger partial charge in [-0.2, -0.15) is 0 Å². The van der Waals surface area contributed by atoms with E-state index in [2.05, 4.69) is 15.3 Å². The second-order valence-corrected chi connectivity index (χ2v) is 5.65. The zero-order valence-electron chi connectivity index (χ0n) is 13.4. The fourth-order valence-electron chi connectivity index (χ4n) is 2.62. The Morgan fingerprint density at radius 2 is 2.21 bits per heavy atom. The fourth-order valence-corrected chi connectivity index (χ4v) is 2.62. The lowest BCUT2D eigenvalue weighted by atomic mass is 10.1. The van der Waals surface area contributed by atoms with Crippen LogP contribution >= 0.6 is 12.4 Å². The molecule has 2 heterocycles. The molecule has 1 fully saturated rings. The van der Waals surface area contributed by atoms with Crippen LogP contribution in [-0.4, -0.2) is 34.6 Å². The summed E-state index contributed by atoms with van der Waals surface area (Å²) in [7, 11) is 0. The van der Waals surface area contributed by atoms with Gasteiger partial charge in [0.25, 0.3) is 5.91 Å². The third-order valence-corrected chi connectivity index (χ3v) is 3.85. The first kappa shape index (κ1) is 18.3. The third kappa shape index (κ3) is 4.29. The topological polar surface area (TPSA) is 90.1 Å². The van der Waals surface area contributed by atoms with Crippen molar-refractivity contribution in [3.63, 3.8) is 0 Å². The number of carbonyl (C=O) groups excluding carboxylic acids is 1. The SMILES string of the molecule is Cc1ccnc(-c2cccc(NC(=O)[C@@H]3CC[C@H](CN)O3)c2)n1.Cl. The van der Waals surface area contributed by atoms with Gasteiger partial charge in [-0.25, -0.2) is 9.97 Å². The van der Waals surface area contributed by atoms with Crippen LogP contribution in [-0.2, 0) is 9.53 Å². The molecule has 0 saturated carbocycles. The van der Waals surface area contributed by atoms with E-state index in [9.17, 15) is 4.79 Å². The standard InChI is InChI=1S/C17H20N4O2.ClH/c1-11-7-8-19-16(20-11)12-3-2-4-13(9-12)21-17(22)15-6-5-14(10-18)23-15;/h2-4,7-9,14-15H,5-6,10,18H2,1H3,(H,21,22);1H/t14-,15+;/m1./s1. The first-order valence-corrected chi connectivity index (χ1v) is 7.72. The molecule has 7 heteroatoms. The monoisotopic (exact) mass is 348 g/mol. The normalized spacial score (nSPS) is 19.6. The van der Waals surface area contributed by atoms with E-state index in [1.165, 1.54) is 0 Å². The molecule has 2 atom stereocenters. The van der Waals surface area contributed by atoms with Crippen LogP contribution in [0.3, 0.4) is 0 Å². The quantitative estimate of drug-likeness (QED) is 0.884. The van der Waals surface area contributed by atoms with Crippen LogP contribution in [0, 0.1) is 6.92 Å². The second-order valence-electron chi connectivity index (χ2n) is 5.65. The van der Waals surface area contributed by atoms with Gasteiger partial charge in [-0.15, -0.1) is 12.4 Å². The van der Waals surface area contributed by atoms with Crippen LogP contribution in [0.15, 0.2) is 36.5 Å². The summed E-state index contributed by atoms with van der Waals surface area (Å²) in [5.74, 6) is 0.504. The van der Waals surface area contributed by atoms with E-state index in [4.69, 9.17) is 10.5 Å². The minimum Gasteiger partial charge on any atom is -0.364 e. The second kappa shape index (κ2) is 8.19. The summed E-state index contributed by atoms with van der Waals surface area (Å²) in [5, 5.41) is 2.89. The van der Waals surface area contributed by atoms with Crippen molar-refractivity contribution in [3.05, 3.63) is 42.2 Å². The number of amides is 1. The van der Waals surface area contributed by atoms with Gasteiger partial charge < -0.3 is 15.8 Å². The maximum absolute atomic E-state index is 12.3. The van der Waals surface area contributed by atoms with Crippen LogP contribution in [0.4, 0.5) is 5.69 Å². The Kier molecular flexibility index (Phi) is 6.25. The number of hydrogen-bond donors (Lipinski definition) is 2. The van der Waals surface area contributed by atoms with Gasteiger partial charge in [-0.3, -0.25) is 4.79 Å². The van der Waals surface area contributed by atoms with Crippen LogP contribution in [0.1, 0.15) is 18.5 Å². The molecular formula is C17H21ClN4O2. The summed E-state index contributed by atoms with van der Waals surface area (Å²) in [6, 6.07) is 9.34. The molecule has 0 aliphatic carbocycles. The number of aromatic nitrogens is 2. The van der Waals surface area contributed by atoms with E-state index in [0.717, 1.165) is 17.7 Å². The molecule has 24 heavy (non-hydrogen) atoms. The Bertz CT molecular complexity index is 710. The van der Waals surface area contributed by atoms with Crippen molar-refractivity contribution in [1.29, 1.82) is 0 Å². The highest BCUT2D eigenvalue weighted by Gasteiger charge is 2.29. The number of aryl methyl sites for hydroxylation is 1. The van der Waals surface area contributed by atoms with Crippen LogP contribution in [0.25, 0.3) is 11.4 Å². The fraction of sp³-hybridized carbons (Fsp3) is 0.353. The molecule has 1 aromatic carbocycles. The molecule has 128 valence electrons. The highest BCUT2D eigenvalue weighted by Crippen LogP contribution is 2.22. The number of anilines is 1. The molecule has 3 N–H and O–H groups in total. The summed E-state index contributed by atoms with van der Waals surface area (Å²) in [4.78, 5) is 20.9. The number of ether oxygens (including phenoxy) is 1. The molecule has 6 nitrogen and oxygen atoms in total. The lowest BCUT2D eigenvalue weighted by molar-refractivity contribution is -0.126. The van der Waals surface area contributed by atoms with E-state index in [1.54, 1.807) is 6.20 Å². The zero-order chi connectivity index (χ0) is 16.2. The van der Waals surface area contributed by atoms with E-state index in [1.807, 2.05) is 37.3 Å². The third-order valence-electron chi connectivity index (χ3n) is 3.85. The lowest BCUT2D eigenvalue weighted by Crippen LogP contribution is -2.29. The van der Waals surface area contributed by atoms with Gasteiger partial charge >= 0.3 is 0 Å². The average Bonchev–Trinajstić information content (AvgIpc) is 3.04. The molecule has 0 bridgehead atoms. The number of nitrogens with two attached hydrogens (primary N) is 1. The van der Waals surface area contributed by atoms with E-state index < -0.39 is 6.10 Å². The van der Waals surface area contributed by atoms with Crippen molar-refractivity contribution < 1.29 is 9.53 Å². The Morgan fingerprint density at radius 1 is 1.38 bits per heavy atom. The summed E-state index contributed by atoms with van der Waals surface area (Å²) < 4.78 is 5.61. The predicted molar refractivity (Wildman–Crippen MR) is 95.0 cm³/mol. The highest BCUT2D eigenvalue weighted by atomic mass is 35.5. The van der Waals surface area contributed by atoms with Crippen molar-refractivity contribution >= 4 is 24.0 Å². The molecular weight excluding hydrogens is 328 g/mol. The van der Waals surface area contributed by atoms with Crippen molar-refractivity contribution in [2.75, 3.05) is 11.9 Å². The number of carbonyl (C=O) groups is 1. The van der Waals surface area contributed by atoms with Gasteiger partial charge in [0, 0.05) is 29.7 Å². The lowest BCUT2D eigenvalue weighted by Gasteiger charge is -2.13. The molecule has 0 spiro atoms. The average molecular weight is 349 g/mol. The van der Waals surface area contributed by atoms with Gasteiger partial charge in [-0.05, 0) is 38.0 Å². The predicted octanol–water partition coefficient (Wildman–Crippen LogP) is 2.32. The maximum atomic E-state index is 12.3. The molecule has 1 aromatic heterocycles. The van der Waals surface area contributed by atoms with Gasteiger partial charge in [-0.1, -0.05) is 12.1 Å². The van der Waals surface area contributed by atoms with Gasteiger partial charge in [0.2, 0.25) is 0 Å². The number of nitrogens with one attached hydrogen (secondary N) is 1. The Hall–Kier alpha value is -2.02. The van der Waals surface area contributed by atoms with E-state index in [-0.39, 0.29) is 24.4 Å². The Labute approximate surface area is 147 Å². The van der Waals surface area contributed by atoms with Crippen molar-refractivity contribution in [2.45, 2.75) is 32.0 Å². The Morgan fingerprint density at radius 3 is 2.92 bits per heavy atom. The van der Waals surface area contributed by atoms with Crippen LogP contribution < -0.4 is 11.1 Å². The summed E-state index contributed by atoms with van der Waals surface area (Å²) in [5.41, 5.74) is 8.04. The first-order chi connectivity index (χ1) is 11.2. The van der Waals surface area contributed by atoms with Gasteiger partial charge in [0.05, 0.1) is 6.10 Å². The summed E-state index contributed by atoms with van der Waals surface area (Å²) in [6.45, 7) is 2.37. The van der Waals surface area contributed by atoms with Crippen LogP contribution in [0.5, 0.6) is 0 Å². The molecule has 0 unspecified atom stereocenters. The number of benzene rings is 1. The van der Waals surface area contributed by atoms with E-state index >= 15 is 0 Å². The maximum Gasteiger partial charge on any atom is 0.253 e.